The SMILES string of the molecule is COc1ccccc1Pc1ccccc1OC.[B]. The van der Waals surface area contributed by atoms with E-state index in [1.165, 1.54) is 10.6 Å². The molecule has 3 radical (unpaired) electrons. The van der Waals surface area contributed by atoms with Gasteiger partial charge in [-0.25, -0.2) is 0 Å². The average molecular weight is 257 g/mol. The second-order valence-corrected chi connectivity index (χ2v) is 4.85. The third kappa shape index (κ3) is 3.27. The molecular weight excluding hydrogens is 242 g/mol. The van der Waals surface area contributed by atoms with E-state index < -0.39 is 0 Å². The van der Waals surface area contributed by atoms with Crippen molar-refractivity contribution in [2.45, 2.75) is 0 Å². The fourth-order valence-electron chi connectivity index (χ4n) is 1.64. The van der Waals surface area contributed by atoms with Crippen molar-refractivity contribution >= 4 is 27.6 Å². The molecule has 2 aromatic carbocycles. The Labute approximate surface area is 112 Å². The molecule has 0 saturated carbocycles. The van der Waals surface area contributed by atoms with Crippen LogP contribution >= 0.6 is 8.58 Å². The molecule has 0 heterocycles. The van der Waals surface area contributed by atoms with Gasteiger partial charge in [-0.3, -0.25) is 0 Å². The van der Waals surface area contributed by atoms with E-state index in [4.69, 9.17) is 9.47 Å². The van der Waals surface area contributed by atoms with Crippen molar-refractivity contribution < 1.29 is 9.47 Å². The zero-order valence-corrected chi connectivity index (χ0v) is 11.5. The first-order valence-corrected chi connectivity index (χ1v) is 6.38. The Morgan fingerprint density at radius 1 is 0.722 bits per heavy atom. The van der Waals surface area contributed by atoms with Crippen LogP contribution in [0.15, 0.2) is 48.5 Å². The van der Waals surface area contributed by atoms with Crippen molar-refractivity contribution in [2.75, 3.05) is 14.2 Å². The molecule has 0 aliphatic heterocycles. The van der Waals surface area contributed by atoms with E-state index >= 15 is 0 Å². The smallest absolute Gasteiger partial charge is 0.126 e. The largest absolute Gasteiger partial charge is 0.496 e. The summed E-state index contributed by atoms with van der Waals surface area (Å²) in [6.07, 6.45) is 0. The Morgan fingerprint density at radius 2 is 1.11 bits per heavy atom. The van der Waals surface area contributed by atoms with E-state index in [1.54, 1.807) is 14.2 Å². The lowest BCUT2D eigenvalue weighted by Gasteiger charge is -2.11. The molecule has 91 valence electrons. The molecule has 0 amide bonds. The third-order valence-electron chi connectivity index (χ3n) is 2.48. The van der Waals surface area contributed by atoms with E-state index in [0.717, 1.165) is 11.5 Å². The highest BCUT2D eigenvalue weighted by Gasteiger charge is 2.06. The summed E-state index contributed by atoms with van der Waals surface area (Å²) >= 11 is 0. The lowest BCUT2D eigenvalue weighted by atomic mass is 10.3. The topological polar surface area (TPSA) is 18.5 Å². The zero-order chi connectivity index (χ0) is 12.1. The van der Waals surface area contributed by atoms with Gasteiger partial charge in [0.25, 0.3) is 0 Å². The predicted octanol–water partition coefficient (Wildman–Crippen LogP) is 1.95. The molecule has 0 fully saturated rings. The van der Waals surface area contributed by atoms with Gasteiger partial charge in [-0.2, -0.15) is 0 Å². The number of methoxy groups -OCH3 is 2. The highest BCUT2D eigenvalue weighted by atomic mass is 31.1. The van der Waals surface area contributed by atoms with Gasteiger partial charge in [0.1, 0.15) is 11.5 Å². The molecule has 0 aliphatic carbocycles. The number of rotatable bonds is 4. The minimum atomic E-state index is 0. The molecule has 18 heavy (non-hydrogen) atoms. The second kappa shape index (κ2) is 7.08. The minimum absolute atomic E-state index is 0. The number of benzene rings is 2. The molecule has 2 aromatic rings. The van der Waals surface area contributed by atoms with Crippen molar-refractivity contribution in [1.29, 1.82) is 0 Å². The molecule has 0 aliphatic rings. The van der Waals surface area contributed by atoms with Gasteiger partial charge in [-0.1, -0.05) is 45.0 Å². The van der Waals surface area contributed by atoms with Gasteiger partial charge >= 0.3 is 0 Å². The number of hydrogen-bond acceptors (Lipinski definition) is 2. The maximum Gasteiger partial charge on any atom is 0.126 e. The average Bonchev–Trinajstić information content (AvgIpc) is 2.40. The third-order valence-corrected chi connectivity index (χ3v) is 3.85. The maximum absolute atomic E-state index is 5.36. The van der Waals surface area contributed by atoms with Crippen LogP contribution in [0.2, 0.25) is 0 Å². The fourth-order valence-corrected chi connectivity index (χ4v) is 2.91. The van der Waals surface area contributed by atoms with Crippen LogP contribution in [0, 0.1) is 0 Å². The summed E-state index contributed by atoms with van der Waals surface area (Å²) in [5.41, 5.74) is 0. The fraction of sp³-hybridized carbons (Fsp3) is 0.143. The lowest BCUT2D eigenvalue weighted by molar-refractivity contribution is 0.417. The van der Waals surface area contributed by atoms with Gasteiger partial charge in [-0.15, -0.1) is 0 Å². The Bertz CT molecular complexity index is 457. The van der Waals surface area contributed by atoms with E-state index in [9.17, 15) is 0 Å². The molecule has 0 atom stereocenters. The predicted molar refractivity (Wildman–Crippen MR) is 79.3 cm³/mol. The molecule has 0 saturated heterocycles. The molecule has 0 spiro atoms. The van der Waals surface area contributed by atoms with Crippen LogP contribution in [0.3, 0.4) is 0 Å². The lowest BCUT2D eigenvalue weighted by Crippen LogP contribution is -2.08. The summed E-state index contributed by atoms with van der Waals surface area (Å²) in [5.74, 6) is 1.86. The highest BCUT2D eigenvalue weighted by Crippen LogP contribution is 2.23. The molecular formula is C14H15BO2P. The van der Waals surface area contributed by atoms with Gasteiger partial charge in [0, 0.05) is 19.0 Å². The van der Waals surface area contributed by atoms with Crippen molar-refractivity contribution in [3.63, 3.8) is 0 Å². The zero-order valence-electron chi connectivity index (χ0n) is 10.5. The van der Waals surface area contributed by atoms with Crippen molar-refractivity contribution in [1.82, 2.24) is 0 Å². The number of hydrogen-bond donors (Lipinski definition) is 0. The van der Waals surface area contributed by atoms with Gasteiger partial charge < -0.3 is 9.47 Å². The maximum atomic E-state index is 5.36. The van der Waals surface area contributed by atoms with Crippen molar-refractivity contribution in [3.05, 3.63) is 48.5 Å². The van der Waals surface area contributed by atoms with Crippen LogP contribution in [0.25, 0.3) is 0 Å². The van der Waals surface area contributed by atoms with Crippen LogP contribution in [0.4, 0.5) is 0 Å². The molecule has 2 rings (SSSR count). The summed E-state index contributed by atoms with van der Waals surface area (Å²) in [5, 5.41) is 2.39. The summed E-state index contributed by atoms with van der Waals surface area (Å²) < 4.78 is 10.7. The monoisotopic (exact) mass is 257 g/mol. The van der Waals surface area contributed by atoms with Crippen molar-refractivity contribution in [3.8, 4) is 11.5 Å². The van der Waals surface area contributed by atoms with Crippen LogP contribution < -0.4 is 20.1 Å². The van der Waals surface area contributed by atoms with Gasteiger partial charge in [0.2, 0.25) is 0 Å². The first-order chi connectivity index (χ1) is 8.35. The van der Waals surface area contributed by atoms with Crippen molar-refractivity contribution in [2.24, 2.45) is 0 Å². The van der Waals surface area contributed by atoms with E-state index in [1.807, 2.05) is 36.4 Å². The number of ether oxygens (including phenoxy) is 2. The molecule has 4 heteroatoms. The Morgan fingerprint density at radius 3 is 1.50 bits per heavy atom. The van der Waals surface area contributed by atoms with E-state index in [0.29, 0.717) is 8.58 Å². The Balaban J connectivity index is 0.00000162. The molecule has 0 bridgehead atoms. The number of para-hydroxylation sites is 2. The summed E-state index contributed by atoms with van der Waals surface area (Å²) in [6, 6.07) is 16.2. The molecule has 2 nitrogen and oxygen atoms in total. The van der Waals surface area contributed by atoms with Gasteiger partial charge in [-0.05, 0) is 12.1 Å². The van der Waals surface area contributed by atoms with Gasteiger partial charge in [0.05, 0.1) is 14.2 Å². The second-order valence-electron chi connectivity index (χ2n) is 3.53. The summed E-state index contributed by atoms with van der Waals surface area (Å²) in [7, 11) is 3.94. The van der Waals surface area contributed by atoms with Crippen LogP contribution in [0.1, 0.15) is 0 Å². The Hall–Kier alpha value is -1.47. The minimum Gasteiger partial charge on any atom is -0.496 e. The standard InChI is InChI=1S/C14H15O2P.B/c1-15-11-7-3-5-9-13(11)17-14-10-6-4-8-12(14)16-2;/h3-10,17H,1-2H3;. The van der Waals surface area contributed by atoms with Crippen LogP contribution in [0.5, 0.6) is 11.5 Å². The molecule has 0 N–H and O–H groups in total. The highest BCUT2D eigenvalue weighted by molar-refractivity contribution is 7.56. The first-order valence-electron chi connectivity index (χ1n) is 5.38. The van der Waals surface area contributed by atoms with Crippen LogP contribution in [-0.2, 0) is 0 Å². The Kier molecular flexibility index (Phi) is 5.74. The van der Waals surface area contributed by atoms with Gasteiger partial charge in [0.15, 0.2) is 0 Å². The summed E-state index contributed by atoms with van der Waals surface area (Å²) in [6.45, 7) is 0. The normalized spacial score (nSPS) is 9.44. The van der Waals surface area contributed by atoms with E-state index in [-0.39, 0.29) is 8.41 Å². The molecule has 0 aromatic heterocycles. The first kappa shape index (κ1) is 14.6. The van der Waals surface area contributed by atoms with Crippen LogP contribution in [-0.4, -0.2) is 22.6 Å². The summed E-state index contributed by atoms with van der Waals surface area (Å²) in [4.78, 5) is 0. The molecule has 0 unspecified atom stereocenters. The quantitative estimate of drug-likeness (QED) is 0.615. The van der Waals surface area contributed by atoms with E-state index in [2.05, 4.69) is 12.1 Å².